The number of nitrogens with zero attached hydrogens (tertiary/aromatic N) is 1. The van der Waals surface area contributed by atoms with Crippen molar-refractivity contribution < 1.29 is 13.5 Å². The van der Waals surface area contributed by atoms with Crippen LogP contribution in [0.15, 0.2) is 18.2 Å². The summed E-state index contributed by atoms with van der Waals surface area (Å²) in [6, 6.07) is 3.19. The monoisotopic (exact) mass is 270 g/mol. The second-order valence-electron chi connectivity index (χ2n) is 5.13. The van der Waals surface area contributed by atoms with E-state index in [1.54, 1.807) is 0 Å². The van der Waals surface area contributed by atoms with E-state index in [-0.39, 0.29) is 24.8 Å². The summed E-state index contributed by atoms with van der Waals surface area (Å²) in [5, 5.41) is 0. The predicted octanol–water partition coefficient (Wildman–Crippen LogP) is 2.07. The summed E-state index contributed by atoms with van der Waals surface area (Å²) in [7, 11) is 0. The first kappa shape index (κ1) is 14.4. The molecule has 19 heavy (non-hydrogen) atoms. The molecule has 0 unspecified atom stereocenters. The Kier molecular flexibility index (Phi) is 4.50. The van der Waals surface area contributed by atoms with Gasteiger partial charge in [0.05, 0.1) is 18.2 Å². The quantitative estimate of drug-likeness (QED) is 0.914. The van der Waals surface area contributed by atoms with Crippen molar-refractivity contribution in [2.24, 2.45) is 5.73 Å². The highest BCUT2D eigenvalue weighted by Crippen LogP contribution is 2.26. The van der Waals surface area contributed by atoms with Crippen molar-refractivity contribution >= 4 is 0 Å². The van der Waals surface area contributed by atoms with E-state index < -0.39 is 11.6 Å². The van der Waals surface area contributed by atoms with Gasteiger partial charge in [0.25, 0.3) is 0 Å². The van der Waals surface area contributed by atoms with Crippen LogP contribution < -0.4 is 5.73 Å². The van der Waals surface area contributed by atoms with E-state index in [9.17, 15) is 8.78 Å². The standard InChI is InChI=1S/C14H20F2N2O/c1-9-7-18(8-10(2)19-9)14(6-17)12-5-11(15)3-4-13(12)16/h3-5,9-10,14H,6-8,17H2,1-2H3/t9-,10+,14-/m0/s1. The van der Waals surface area contributed by atoms with Gasteiger partial charge in [-0.05, 0) is 32.0 Å². The maximum absolute atomic E-state index is 13.9. The first-order valence-corrected chi connectivity index (χ1v) is 6.55. The minimum Gasteiger partial charge on any atom is -0.373 e. The summed E-state index contributed by atoms with van der Waals surface area (Å²) in [4.78, 5) is 2.07. The lowest BCUT2D eigenvalue weighted by molar-refractivity contribution is -0.0802. The van der Waals surface area contributed by atoms with Crippen molar-refractivity contribution in [2.75, 3.05) is 19.6 Å². The Labute approximate surface area is 112 Å². The van der Waals surface area contributed by atoms with Crippen LogP contribution in [0, 0.1) is 11.6 Å². The molecule has 1 fully saturated rings. The SMILES string of the molecule is C[C@@H]1CN([C@@H](CN)c2cc(F)ccc2F)C[C@H](C)O1. The van der Waals surface area contributed by atoms with E-state index in [0.29, 0.717) is 18.7 Å². The lowest BCUT2D eigenvalue weighted by atomic mass is 10.0. The molecular weight excluding hydrogens is 250 g/mol. The molecule has 2 rings (SSSR count). The van der Waals surface area contributed by atoms with E-state index in [1.807, 2.05) is 13.8 Å². The van der Waals surface area contributed by atoms with Gasteiger partial charge in [-0.15, -0.1) is 0 Å². The molecule has 1 aliphatic rings. The van der Waals surface area contributed by atoms with Gasteiger partial charge in [-0.2, -0.15) is 0 Å². The topological polar surface area (TPSA) is 38.5 Å². The summed E-state index contributed by atoms with van der Waals surface area (Å²) in [5.41, 5.74) is 6.10. The zero-order valence-electron chi connectivity index (χ0n) is 11.3. The van der Waals surface area contributed by atoms with Crippen molar-refractivity contribution in [3.63, 3.8) is 0 Å². The van der Waals surface area contributed by atoms with Crippen LogP contribution in [0.5, 0.6) is 0 Å². The fourth-order valence-corrected chi connectivity index (χ4v) is 2.71. The average molecular weight is 270 g/mol. The Hall–Kier alpha value is -1.04. The van der Waals surface area contributed by atoms with Gasteiger partial charge in [-0.25, -0.2) is 8.78 Å². The number of morpholine rings is 1. The van der Waals surface area contributed by atoms with Crippen LogP contribution in [-0.2, 0) is 4.74 Å². The number of halogens is 2. The van der Waals surface area contributed by atoms with E-state index in [4.69, 9.17) is 10.5 Å². The first-order chi connectivity index (χ1) is 9.01. The number of hydrogen-bond donors (Lipinski definition) is 1. The third kappa shape index (κ3) is 3.29. The van der Waals surface area contributed by atoms with Gasteiger partial charge in [0, 0.05) is 25.2 Å². The van der Waals surface area contributed by atoms with Crippen LogP contribution in [0.1, 0.15) is 25.5 Å². The van der Waals surface area contributed by atoms with Gasteiger partial charge < -0.3 is 10.5 Å². The van der Waals surface area contributed by atoms with E-state index in [0.717, 1.165) is 12.1 Å². The van der Waals surface area contributed by atoms with Crippen LogP contribution in [0.2, 0.25) is 0 Å². The fourth-order valence-electron chi connectivity index (χ4n) is 2.71. The van der Waals surface area contributed by atoms with Crippen molar-refractivity contribution in [3.05, 3.63) is 35.4 Å². The van der Waals surface area contributed by atoms with Crippen molar-refractivity contribution in [1.82, 2.24) is 4.90 Å². The van der Waals surface area contributed by atoms with Crippen molar-refractivity contribution in [2.45, 2.75) is 32.1 Å². The number of rotatable bonds is 3. The summed E-state index contributed by atoms with van der Waals surface area (Å²) < 4.78 is 32.8. The van der Waals surface area contributed by atoms with E-state index in [1.165, 1.54) is 6.07 Å². The second kappa shape index (κ2) is 5.94. The van der Waals surface area contributed by atoms with Gasteiger partial charge in [0.15, 0.2) is 0 Å². The zero-order valence-corrected chi connectivity index (χ0v) is 11.3. The third-order valence-electron chi connectivity index (χ3n) is 3.43. The molecule has 3 nitrogen and oxygen atoms in total. The molecule has 1 heterocycles. The maximum atomic E-state index is 13.9. The van der Waals surface area contributed by atoms with Crippen LogP contribution in [0.3, 0.4) is 0 Å². The van der Waals surface area contributed by atoms with E-state index >= 15 is 0 Å². The Balaban J connectivity index is 2.26. The number of ether oxygens (including phenoxy) is 1. The van der Waals surface area contributed by atoms with Gasteiger partial charge in [0.1, 0.15) is 11.6 Å². The molecule has 0 saturated carbocycles. The number of benzene rings is 1. The maximum Gasteiger partial charge on any atom is 0.128 e. The van der Waals surface area contributed by atoms with Crippen LogP contribution >= 0.6 is 0 Å². The number of hydrogen-bond acceptors (Lipinski definition) is 3. The molecule has 0 spiro atoms. The first-order valence-electron chi connectivity index (χ1n) is 6.55. The Bertz CT molecular complexity index is 431. The molecule has 1 saturated heterocycles. The van der Waals surface area contributed by atoms with Crippen molar-refractivity contribution in [3.8, 4) is 0 Å². The molecule has 5 heteroatoms. The summed E-state index contributed by atoms with van der Waals surface area (Å²) in [6.45, 7) is 5.53. The minimum absolute atomic E-state index is 0.0643. The molecule has 3 atom stereocenters. The lowest BCUT2D eigenvalue weighted by Gasteiger charge is -2.40. The highest BCUT2D eigenvalue weighted by atomic mass is 19.1. The van der Waals surface area contributed by atoms with Gasteiger partial charge in [-0.3, -0.25) is 4.90 Å². The van der Waals surface area contributed by atoms with Gasteiger partial charge in [-0.1, -0.05) is 0 Å². The average Bonchev–Trinajstić information content (AvgIpc) is 2.33. The Morgan fingerprint density at radius 3 is 2.53 bits per heavy atom. The molecule has 1 aromatic rings. The molecule has 0 aromatic heterocycles. The molecule has 0 bridgehead atoms. The molecule has 0 amide bonds. The molecule has 106 valence electrons. The molecular formula is C14H20F2N2O. The van der Waals surface area contributed by atoms with Crippen LogP contribution in [0.4, 0.5) is 8.78 Å². The predicted molar refractivity (Wildman–Crippen MR) is 69.7 cm³/mol. The molecule has 0 aliphatic carbocycles. The summed E-state index contributed by atoms with van der Waals surface area (Å²) in [5.74, 6) is -0.854. The molecule has 1 aliphatic heterocycles. The zero-order chi connectivity index (χ0) is 14.0. The largest absolute Gasteiger partial charge is 0.373 e. The highest BCUT2D eigenvalue weighted by molar-refractivity contribution is 5.23. The third-order valence-corrected chi connectivity index (χ3v) is 3.43. The molecule has 0 radical (unpaired) electrons. The summed E-state index contributed by atoms with van der Waals surface area (Å²) in [6.07, 6.45) is 0.129. The molecule has 2 N–H and O–H groups in total. The lowest BCUT2D eigenvalue weighted by Crippen LogP contribution is -2.48. The highest BCUT2D eigenvalue weighted by Gasteiger charge is 2.29. The van der Waals surface area contributed by atoms with Gasteiger partial charge >= 0.3 is 0 Å². The Morgan fingerprint density at radius 2 is 1.95 bits per heavy atom. The fraction of sp³-hybridized carbons (Fsp3) is 0.571. The number of nitrogens with two attached hydrogens (primary N) is 1. The van der Waals surface area contributed by atoms with E-state index in [2.05, 4.69) is 4.90 Å². The summed E-state index contributed by atoms with van der Waals surface area (Å²) >= 11 is 0. The minimum atomic E-state index is -0.441. The second-order valence-corrected chi connectivity index (χ2v) is 5.13. The molecule has 1 aromatic carbocycles. The van der Waals surface area contributed by atoms with Crippen LogP contribution in [-0.4, -0.2) is 36.7 Å². The van der Waals surface area contributed by atoms with Crippen molar-refractivity contribution in [1.29, 1.82) is 0 Å². The smallest absolute Gasteiger partial charge is 0.128 e. The van der Waals surface area contributed by atoms with Gasteiger partial charge in [0.2, 0.25) is 0 Å². The Morgan fingerprint density at radius 1 is 1.32 bits per heavy atom. The normalized spacial score (nSPS) is 26.4. The van der Waals surface area contributed by atoms with Crippen LogP contribution in [0.25, 0.3) is 0 Å².